The van der Waals surface area contributed by atoms with Gasteiger partial charge in [0.2, 0.25) is 0 Å². The molecule has 1 aliphatic rings. The average Bonchev–Trinajstić information content (AvgIpc) is 3.05. The van der Waals surface area contributed by atoms with Gasteiger partial charge in [0.05, 0.1) is 5.92 Å². The van der Waals surface area contributed by atoms with Crippen molar-refractivity contribution in [3.63, 3.8) is 0 Å². The van der Waals surface area contributed by atoms with E-state index in [2.05, 4.69) is 5.32 Å². The molecule has 5 heteroatoms. The zero-order valence-corrected chi connectivity index (χ0v) is 9.78. The smallest absolute Gasteiger partial charge is 0.306 e. The Bertz CT molecular complexity index is 461. The van der Waals surface area contributed by atoms with Crippen LogP contribution in [0.15, 0.2) is 24.3 Å². The molecule has 1 saturated carbocycles. The van der Waals surface area contributed by atoms with Crippen LogP contribution in [0.4, 0.5) is 0 Å². The van der Waals surface area contributed by atoms with Gasteiger partial charge < -0.3 is 10.4 Å². The zero-order chi connectivity index (χ0) is 12.4. The number of carbonyl (C=O) groups is 2. The van der Waals surface area contributed by atoms with Crippen LogP contribution in [0.1, 0.15) is 16.8 Å². The number of aliphatic carboxylic acids is 1. The molecular formula is C12H12ClNO3. The molecule has 2 N–H and O–H groups in total. The topological polar surface area (TPSA) is 66.4 Å². The molecule has 17 heavy (non-hydrogen) atoms. The number of nitrogens with one attached hydrogen (secondary N) is 1. The molecule has 2 unspecified atom stereocenters. The largest absolute Gasteiger partial charge is 0.481 e. The van der Waals surface area contributed by atoms with E-state index in [1.807, 2.05) is 0 Å². The summed E-state index contributed by atoms with van der Waals surface area (Å²) in [6.45, 7) is 0.405. The van der Waals surface area contributed by atoms with E-state index in [-0.39, 0.29) is 17.7 Å². The molecule has 0 aliphatic heterocycles. The second kappa shape index (κ2) is 4.75. The lowest BCUT2D eigenvalue weighted by Gasteiger charge is -2.04. The summed E-state index contributed by atoms with van der Waals surface area (Å²) in [5.41, 5.74) is 0.491. The maximum Gasteiger partial charge on any atom is 0.306 e. The Labute approximate surface area is 104 Å². The Morgan fingerprint density at radius 1 is 1.47 bits per heavy atom. The Hall–Kier alpha value is -1.55. The van der Waals surface area contributed by atoms with Crippen LogP contribution in [-0.2, 0) is 4.79 Å². The van der Waals surface area contributed by atoms with Gasteiger partial charge in [0, 0.05) is 17.1 Å². The molecule has 0 bridgehead atoms. The molecule has 0 aromatic heterocycles. The molecular weight excluding hydrogens is 242 g/mol. The van der Waals surface area contributed by atoms with Crippen molar-refractivity contribution in [3.8, 4) is 0 Å². The highest BCUT2D eigenvalue weighted by Crippen LogP contribution is 2.37. The van der Waals surface area contributed by atoms with E-state index in [0.717, 1.165) is 0 Å². The van der Waals surface area contributed by atoms with Gasteiger partial charge in [0.1, 0.15) is 0 Å². The Kier molecular flexibility index (Phi) is 3.33. The maximum atomic E-state index is 11.7. The van der Waals surface area contributed by atoms with Crippen LogP contribution in [0, 0.1) is 11.8 Å². The van der Waals surface area contributed by atoms with Gasteiger partial charge in [-0.25, -0.2) is 0 Å². The molecule has 1 amide bonds. The van der Waals surface area contributed by atoms with Gasteiger partial charge in [0.25, 0.3) is 5.91 Å². The third kappa shape index (κ3) is 2.97. The van der Waals surface area contributed by atoms with E-state index in [1.165, 1.54) is 0 Å². The fourth-order valence-electron chi connectivity index (χ4n) is 1.73. The van der Waals surface area contributed by atoms with Gasteiger partial charge in [-0.3, -0.25) is 9.59 Å². The monoisotopic (exact) mass is 253 g/mol. The molecule has 1 fully saturated rings. The molecule has 0 saturated heterocycles. The molecule has 1 aromatic rings. The number of rotatable bonds is 4. The first-order valence-electron chi connectivity index (χ1n) is 5.34. The van der Waals surface area contributed by atoms with Crippen molar-refractivity contribution >= 4 is 23.5 Å². The van der Waals surface area contributed by atoms with Crippen molar-refractivity contribution in [2.75, 3.05) is 6.54 Å². The van der Waals surface area contributed by atoms with Crippen LogP contribution in [0.3, 0.4) is 0 Å². The number of amides is 1. The first-order chi connectivity index (χ1) is 8.08. The molecule has 1 aromatic carbocycles. The molecule has 0 spiro atoms. The molecule has 90 valence electrons. The second-order valence-electron chi connectivity index (χ2n) is 4.16. The lowest BCUT2D eigenvalue weighted by molar-refractivity contribution is -0.138. The maximum absolute atomic E-state index is 11.7. The molecule has 0 heterocycles. The highest BCUT2D eigenvalue weighted by Gasteiger charge is 2.42. The summed E-state index contributed by atoms with van der Waals surface area (Å²) in [4.78, 5) is 22.3. The average molecular weight is 254 g/mol. The van der Waals surface area contributed by atoms with Crippen molar-refractivity contribution in [2.24, 2.45) is 11.8 Å². The molecule has 2 atom stereocenters. The van der Waals surface area contributed by atoms with Gasteiger partial charge in [-0.05, 0) is 30.5 Å². The van der Waals surface area contributed by atoms with Crippen molar-refractivity contribution < 1.29 is 14.7 Å². The molecule has 4 nitrogen and oxygen atoms in total. The molecule has 1 aliphatic carbocycles. The van der Waals surface area contributed by atoms with Crippen LogP contribution in [0.2, 0.25) is 5.02 Å². The number of carboxylic acids is 1. The van der Waals surface area contributed by atoms with Crippen molar-refractivity contribution in [2.45, 2.75) is 6.42 Å². The fourth-order valence-corrected chi connectivity index (χ4v) is 1.92. The number of carboxylic acid groups (broad SMARTS) is 1. The lowest BCUT2D eigenvalue weighted by atomic mass is 10.2. The van der Waals surface area contributed by atoms with Crippen LogP contribution in [-0.4, -0.2) is 23.5 Å². The first-order valence-corrected chi connectivity index (χ1v) is 5.72. The van der Waals surface area contributed by atoms with E-state index in [1.54, 1.807) is 24.3 Å². The van der Waals surface area contributed by atoms with Crippen LogP contribution in [0.25, 0.3) is 0 Å². The van der Waals surface area contributed by atoms with Crippen molar-refractivity contribution in [1.29, 1.82) is 0 Å². The lowest BCUT2D eigenvalue weighted by Crippen LogP contribution is -2.26. The van der Waals surface area contributed by atoms with E-state index in [0.29, 0.717) is 23.6 Å². The molecule has 2 rings (SSSR count). The summed E-state index contributed by atoms with van der Waals surface area (Å²) in [6, 6.07) is 6.65. The van der Waals surface area contributed by atoms with Gasteiger partial charge in [-0.1, -0.05) is 17.7 Å². The number of halogens is 1. The van der Waals surface area contributed by atoms with Crippen LogP contribution >= 0.6 is 11.6 Å². The fraction of sp³-hybridized carbons (Fsp3) is 0.333. The predicted octanol–water partition coefficient (Wildman–Crippen LogP) is 1.79. The minimum atomic E-state index is -0.785. The Balaban J connectivity index is 1.84. The summed E-state index contributed by atoms with van der Waals surface area (Å²) >= 11 is 5.77. The van der Waals surface area contributed by atoms with Gasteiger partial charge in [-0.15, -0.1) is 0 Å². The summed E-state index contributed by atoms with van der Waals surface area (Å²) in [7, 11) is 0. The predicted molar refractivity (Wildman–Crippen MR) is 63.0 cm³/mol. The second-order valence-corrected chi connectivity index (χ2v) is 4.60. The van der Waals surface area contributed by atoms with E-state index < -0.39 is 5.97 Å². The highest BCUT2D eigenvalue weighted by molar-refractivity contribution is 6.30. The normalized spacial score (nSPS) is 21.9. The highest BCUT2D eigenvalue weighted by atomic mass is 35.5. The van der Waals surface area contributed by atoms with Crippen molar-refractivity contribution in [1.82, 2.24) is 5.32 Å². The minimum Gasteiger partial charge on any atom is -0.481 e. The number of hydrogen-bond donors (Lipinski definition) is 2. The quantitative estimate of drug-likeness (QED) is 0.860. The first kappa shape index (κ1) is 11.9. The standard InChI is InChI=1S/C12H12ClNO3/c13-9-3-1-2-7(4-9)11(15)14-6-8-5-10(8)12(16)17/h1-4,8,10H,5-6H2,(H,14,15)(H,16,17). The van der Waals surface area contributed by atoms with E-state index >= 15 is 0 Å². The van der Waals surface area contributed by atoms with Gasteiger partial charge in [0.15, 0.2) is 0 Å². The number of benzene rings is 1. The third-order valence-electron chi connectivity index (χ3n) is 2.85. The molecule has 0 radical (unpaired) electrons. The number of hydrogen-bond acceptors (Lipinski definition) is 2. The Morgan fingerprint density at radius 2 is 2.24 bits per heavy atom. The summed E-state index contributed by atoms with van der Waals surface area (Å²) in [6.07, 6.45) is 0.644. The zero-order valence-electron chi connectivity index (χ0n) is 9.02. The summed E-state index contributed by atoms with van der Waals surface area (Å²) in [5, 5.41) is 11.9. The van der Waals surface area contributed by atoms with Gasteiger partial charge >= 0.3 is 5.97 Å². The number of carbonyl (C=O) groups excluding carboxylic acids is 1. The van der Waals surface area contributed by atoms with Crippen LogP contribution < -0.4 is 5.32 Å². The summed E-state index contributed by atoms with van der Waals surface area (Å²) < 4.78 is 0. The van der Waals surface area contributed by atoms with Crippen LogP contribution in [0.5, 0.6) is 0 Å². The summed E-state index contributed by atoms with van der Waals surface area (Å²) in [5.74, 6) is -1.24. The van der Waals surface area contributed by atoms with E-state index in [4.69, 9.17) is 16.7 Å². The third-order valence-corrected chi connectivity index (χ3v) is 3.09. The minimum absolute atomic E-state index is 0.0654. The van der Waals surface area contributed by atoms with Crippen molar-refractivity contribution in [3.05, 3.63) is 34.9 Å². The Morgan fingerprint density at radius 3 is 2.82 bits per heavy atom. The van der Waals surface area contributed by atoms with E-state index in [9.17, 15) is 9.59 Å². The van der Waals surface area contributed by atoms with Gasteiger partial charge in [-0.2, -0.15) is 0 Å². The SMILES string of the molecule is O=C(NCC1CC1C(=O)O)c1cccc(Cl)c1.